The Kier molecular flexibility index (Phi) is 4.52. The summed E-state index contributed by atoms with van der Waals surface area (Å²) in [5.74, 6) is -0.312. The second-order valence-corrected chi connectivity index (χ2v) is 4.54. The molecule has 1 aromatic rings. The van der Waals surface area contributed by atoms with Crippen molar-refractivity contribution in [1.82, 2.24) is 4.90 Å². The molecule has 0 bridgehead atoms. The van der Waals surface area contributed by atoms with Gasteiger partial charge in [-0.3, -0.25) is 9.69 Å². The van der Waals surface area contributed by atoms with Gasteiger partial charge in [-0.2, -0.15) is 0 Å². The number of carbonyl (C=O) groups is 1. The third-order valence-corrected chi connectivity index (χ3v) is 2.98. The molecule has 0 heterocycles. The van der Waals surface area contributed by atoms with E-state index in [0.717, 1.165) is 11.3 Å². The fraction of sp³-hybridized carbons (Fsp3) is 0.462. The number of nitrogen functional groups attached to an aromatic ring is 1. The number of nitrogens with zero attached hydrogens (tertiary/aromatic N) is 1. The molecule has 4 nitrogen and oxygen atoms in total. The van der Waals surface area contributed by atoms with E-state index in [0.29, 0.717) is 6.54 Å². The van der Waals surface area contributed by atoms with E-state index in [1.54, 1.807) is 0 Å². The third kappa shape index (κ3) is 3.46. The summed E-state index contributed by atoms with van der Waals surface area (Å²) in [4.78, 5) is 13.3. The van der Waals surface area contributed by atoms with Crippen molar-refractivity contribution >= 4 is 11.6 Å². The van der Waals surface area contributed by atoms with E-state index in [1.807, 2.05) is 49.9 Å². The van der Waals surface area contributed by atoms with Gasteiger partial charge in [0, 0.05) is 18.3 Å². The smallest absolute Gasteiger partial charge is 0.234 e. The van der Waals surface area contributed by atoms with Crippen LogP contribution in [0.2, 0.25) is 0 Å². The Morgan fingerprint density at radius 3 is 2.35 bits per heavy atom. The van der Waals surface area contributed by atoms with Crippen LogP contribution in [0.5, 0.6) is 0 Å². The Morgan fingerprint density at radius 1 is 1.29 bits per heavy atom. The van der Waals surface area contributed by atoms with Crippen LogP contribution in [-0.2, 0) is 11.3 Å². The molecule has 0 saturated carbocycles. The highest BCUT2D eigenvalue weighted by molar-refractivity contribution is 5.79. The molecule has 0 fully saturated rings. The summed E-state index contributed by atoms with van der Waals surface area (Å²) >= 11 is 0. The summed E-state index contributed by atoms with van der Waals surface area (Å²) in [7, 11) is 0. The normalized spacial score (nSPS) is 13.0. The van der Waals surface area contributed by atoms with E-state index in [4.69, 9.17) is 11.5 Å². The average Bonchev–Trinajstić information content (AvgIpc) is 2.26. The predicted octanol–water partition coefficient (Wildman–Crippen LogP) is 1.35. The SMILES string of the molecule is CC(C)N(Cc1ccccc1N)C(C)C(N)=O. The number of hydrogen-bond acceptors (Lipinski definition) is 3. The molecular weight excluding hydrogens is 214 g/mol. The first-order chi connectivity index (χ1) is 7.93. The first kappa shape index (κ1) is 13.5. The summed E-state index contributed by atoms with van der Waals surface area (Å²) in [6, 6.07) is 7.61. The maximum absolute atomic E-state index is 11.3. The maximum Gasteiger partial charge on any atom is 0.234 e. The van der Waals surface area contributed by atoms with Crippen LogP contribution in [0.4, 0.5) is 5.69 Å². The number of amides is 1. The molecule has 1 unspecified atom stereocenters. The zero-order chi connectivity index (χ0) is 13.0. The van der Waals surface area contributed by atoms with Crippen LogP contribution in [0.15, 0.2) is 24.3 Å². The fourth-order valence-corrected chi connectivity index (χ4v) is 1.81. The molecule has 1 rings (SSSR count). The lowest BCUT2D eigenvalue weighted by Gasteiger charge is -2.31. The lowest BCUT2D eigenvalue weighted by atomic mass is 10.1. The highest BCUT2D eigenvalue weighted by atomic mass is 16.1. The van der Waals surface area contributed by atoms with Crippen LogP contribution >= 0.6 is 0 Å². The average molecular weight is 235 g/mol. The minimum atomic E-state index is -0.312. The largest absolute Gasteiger partial charge is 0.398 e. The monoisotopic (exact) mass is 235 g/mol. The number of nitrogens with two attached hydrogens (primary N) is 2. The van der Waals surface area contributed by atoms with Crippen LogP contribution < -0.4 is 11.5 Å². The summed E-state index contributed by atoms with van der Waals surface area (Å²) in [5, 5.41) is 0. The number of rotatable bonds is 5. The summed E-state index contributed by atoms with van der Waals surface area (Å²) < 4.78 is 0. The fourth-order valence-electron chi connectivity index (χ4n) is 1.81. The highest BCUT2D eigenvalue weighted by Gasteiger charge is 2.22. The van der Waals surface area contributed by atoms with E-state index in [9.17, 15) is 4.79 Å². The van der Waals surface area contributed by atoms with Crippen molar-refractivity contribution in [2.75, 3.05) is 5.73 Å². The first-order valence-electron chi connectivity index (χ1n) is 5.82. The minimum absolute atomic E-state index is 0.233. The molecule has 17 heavy (non-hydrogen) atoms. The molecule has 0 aromatic heterocycles. The molecular formula is C13H21N3O. The van der Waals surface area contributed by atoms with Gasteiger partial charge in [-0.1, -0.05) is 18.2 Å². The Hall–Kier alpha value is -1.55. The van der Waals surface area contributed by atoms with E-state index >= 15 is 0 Å². The number of benzene rings is 1. The summed E-state index contributed by atoms with van der Waals surface area (Å²) in [5.41, 5.74) is 13.0. The molecule has 0 saturated heterocycles. The topological polar surface area (TPSA) is 72.3 Å². The summed E-state index contributed by atoms with van der Waals surface area (Å²) in [6.07, 6.45) is 0. The van der Waals surface area contributed by atoms with Crippen LogP contribution in [0.1, 0.15) is 26.3 Å². The second-order valence-electron chi connectivity index (χ2n) is 4.54. The van der Waals surface area contributed by atoms with Crippen molar-refractivity contribution in [3.63, 3.8) is 0 Å². The van der Waals surface area contributed by atoms with Crippen molar-refractivity contribution in [3.05, 3.63) is 29.8 Å². The lowest BCUT2D eigenvalue weighted by Crippen LogP contribution is -2.45. The highest BCUT2D eigenvalue weighted by Crippen LogP contribution is 2.17. The zero-order valence-electron chi connectivity index (χ0n) is 10.7. The van der Waals surface area contributed by atoms with Crippen molar-refractivity contribution in [2.24, 2.45) is 5.73 Å². The van der Waals surface area contributed by atoms with Crippen molar-refractivity contribution in [2.45, 2.75) is 39.4 Å². The molecule has 0 aliphatic heterocycles. The van der Waals surface area contributed by atoms with Gasteiger partial charge in [0.25, 0.3) is 0 Å². The van der Waals surface area contributed by atoms with Gasteiger partial charge in [0.15, 0.2) is 0 Å². The van der Waals surface area contributed by atoms with Crippen molar-refractivity contribution in [3.8, 4) is 0 Å². The molecule has 0 aliphatic carbocycles. The Bertz CT molecular complexity index is 390. The molecule has 0 spiro atoms. The number of carbonyl (C=O) groups excluding carboxylic acids is 1. The molecule has 4 heteroatoms. The molecule has 0 radical (unpaired) electrons. The molecule has 1 atom stereocenters. The van der Waals surface area contributed by atoms with Crippen molar-refractivity contribution < 1.29 is 4.79 Å². The van der Waals surface area contributed by atoms with Gasteiger partial charge in [0.05, 0.1) is 6.04 Å². The van der Waals surface area contributed by atoms with Crippen LogP contribution in [-0.4, -0.2) is 22.9 Å². The standard InChI is InChI=1S/C13H21N3O/c1-9(2)16(10(3)13(15)17)8-11-6-4-5-7-12(11)14/h4-7,9-10H,8,14H2,1-3H3,(H2,15,17). The Morgan fingerprint density at radius 2 is 1.88 bits per heavy atom. The van der Waals surface area contributed by atoms with Gasteiger partial charge in [-0.25, -0.2) is 0 Å². The van der Waals surface area contributed by atoms with Gasteiger partial charge < -0.3 is 11.5 Å². The quantitative estimate of drug-likeness (QED) is 0.757. The second kappa shape index (κ2) is 5.68. The maximum atomic E-state index is 11.3. The Labute approximate surface area is 103 Å². The van der Waals surface area contributed by atoms with E-state index in [2.05, 4.69) is 0 Å². The van der Waals surface area contributed by atoms with Gasteiger partial charge in [0.2, 0.25) is 5.91 Å². The first-order valence-corrected chi connectivity index (χ1v) is 5.82. The summed E-state index contributed by atoms with van der Waals surface area (Å²) in [6.45, 7) is 6.53. The van der Waals surface area contributed by atoms with Crippen LogP contribution in [0, 0.1) is 0 Å². The molecule has 94 valence electrons. The Balaban J connectivity index is 2.88. The lowest BCUT2D eigenvalue weighted by molar-refractivity contribution is -0.123. The minimum Gasteiger partial charge on any atom is -0.398 e. The van der Waals surface area contributed by atoms with Gasteiger partial charge in [0.1, 0.15) is 0 Å². The van der Waals surface area contributed by atoms with Gasteiger partial charge in [-0.15, -0.1) is 0 Å². The van der Waals surface area contributed by atoms with Crippen molar-refractivity contribution in [1.29, 1.82) is 0 Å². The molecule has 1 aromatic carbocycles. The molecule has 0 aliphatic rings. The van der Waals surface area contributed by atoms with E-state index in [1.165, 1.54) is 0 Å². The number of hydrogen-bond donors (Lipinski definition) is 2. The number of anilines is 1. The number of para-hydroxylation sites is 1. The van der Waals surface area contributed by atoms with E-state index in [-0.39, 0.29) is 18.0 Å². The third-order valence-electron chi connectivity index (χ3n) is 2.98. The molecule has 4 N–H and O–H groups in total. The van der Waals surface area contributed by atoms with Crippen LogP contribution in [0.3, 0.4) is 0 Å². The zero-order valence-corrected chi connectivity index (χ0v) is 10.7. The molecule has 1 amide bonds. The van der Waals surface area contributed by atoms with Crippen LogP contribution in [0.25, 0.3) is 0 Å². The van der Waals surface area contributed by atoms with Gasteiger partial charge >= 0.3 is 0 Å². The van der Waals surface area contributed by atoms with E-state index < -0.39 is 0 Å². The van der Waals surface area contributed by atoms with Gasteiger partial charge in [-0.05, 0) is 32.4 Å². The number of primary amides is 1. The predicted molar refractivity (Wildman–Crippen MR) is 70.2 cm³/mol.